The molecule has 1 aliphatic rings. The first-order valence-electron chi connectivity index (χ1n) is 7.97. The standard InChI is InChI=1S/C17H27N3O/c1-14(2)12-18-17(21)19-13-16(20-10-6-7-11-20)15-8-4-3-5-9-15/h3-5,8-9,14,16H,6-7,10-13H2,1-2H3,(H2,18,19,21). The number of hydrogen-bond donors (Lipinski definition) is 2. The number of carbonyl (C=O) groups is 1. The van der Waals surface area contributed by atoms with Crippen LogP contribution in [-0.4, -0.2) is 37.1 Å². The number of nitrogens with zero attached hydrogens (tertiary/aromatic N) is 1. The molecule has 4 heteroatoms. The highest BCUT2D eigenvalue weighted by Crippen LogP contribution is 2.24. The highest BCUT2D eigenvalue weighted by molar-refractivity contribution is 5.73. The van der Waals surface area contributed by atoms with Crippen LogP contribution in [0.3, 0.4) is 0 Å². The second kappa shape index (κ2) is 8.03. The van der Waals surface area contributed by atoms with Crippen molar-refractivity contribution in [1.29, 1.82) is 0 Å². The molecule has 0 bridgehead atoms. The summed E-state index contributed by atoms with van der Waals surface area (Å²) >= 11 is 0. The lowest BCUT2D eigenvalue weighted by Crippen LogP contribution is -2.42. The van der Waals surface area contributed by atoms with Crippen LogP contribution in [0.1, 0.15) is 38.3 Å². The van der Waals surface area contributed by atoms with Crippen LogP contribution in [0.4, 0.5) is 4.79 Å². The molecule has 2 N–H and O–H groups in total. The van der Waals surface area contributed by atoms with E-state index < -0.39 is 0 Å². The number of benzene rings is 1. The summed E-state index contributed by atoms with van der Waals surface area (Å²) in [5.41, 5.74) is 1.28. The van der Waals surface area contributed by atoms with Crippen LogP contribution in [0.15, 0.2) is 30.3 Å². The third-order valence-electron chi connectivity index (χ3n) is 3.89. The van der Waals surface area contributed by atoms with Gasteiger partial charge in [-0.15, -0.1) is 0 Å². The van der Waals surface area contributed by atoms with Crippen molar-refractivity contribution in [2.75, 3.05) is 26.2 Å². The maximum Gasteiger partial charge on any atom is 0.314 e. The van der Waals surface area contributed by atoms with Gasteiger partial charge < -0.3 is 10.6 Å². The van der Waals surface area contributed by atoms with Crippen LogP contribution in [0.5, 0.6) is 0 Å². The molecule has 1 aromatic rings. The van der Waals surface area contributed by atoms with Gasteiger partial charge in [0.1, 0.15) is 0 Å². The second-order valence-corrected chi connectivity index (χ2v) is 6.15. The summed E-state index contributed by atoms with van der Waals surface area (Å²) in [6, 6.07) is 10.7. The lowest BCUT2D eigenvalue weighted by molar-refractivity contribution is 0.220. The molecule has 1 saturated heterocycles. The monoisotopic (exact) mass is 289 g/mol. The summed E-state index contributed by atoms with van der Waals surface area (Å²) in [6.45, 7) is 7.80. The van der Waals surface area contributed by atoms with Crippen molar-refractivity contribution in [3.63, 3.8) is 0 Å². The van der Waals surface area contributed by atoms with Gasteiger partial charge >= 0.3 is 6.03 Å². The first-order valence-corrected chi connectivity index (χ1v) is 7.97. The largest absolute Gasteiger partial charge is 0.338 e. The van der Waals surface area contributed by atoms with E-state index in [4.69, 9.17) is 0 Å². The minimum absolute atomic E-state index is 0.0659. The van der Waals surface area contributed by atoms with Gasteiger partial charge in [-0.2, -0.15) is 0 Å². The minimum Gasteiger partial charge on any atom is -0.338 e. The maximum absolute atomic E-state index is 11.9. The fourth-order valence-corrected chi connectivity index (χ4v) is 2.73. The average Bonchev–Trinajstić information content (AvgIpc) is 3.00. The van der Waals surface area contributed by atoms with Gasteiger partial charge in [-0.25, -0.2) is 4.79 Å². The SMILES string of the molecule is CC(C)CNC(=O)NCC(c1ccccc1)N1CCCC1. The molecule has 2 rings (SSSR count). The van der Waals surface area contributed by atoms with Crippen LogP contribution in [0, 0.1) is 5.92 Å². The zero-order chi connectivity index (χ0) is 15.1. The number of hydrogen-bond acceptors (Lipinski definition) is 2. The first kappa shape index (κ1) is 15.8. The molecule has 0 saturated carbocycles. The lowest BCUT2D eigenvalue weighted by Gasteiger charge is -2.28. The summed E-state index contributed by atoms with van der Waals surface area (Å²) in [5, 5.41) is 5.93. The van der Waals surface area contributed by atoms with E-state index >= 15 is 0 Å². The molecular weight excluding hydrogens is 262 g/mol. The van der Waals surface area contributed by atoms with Crippen molar-refractivity contribution >= 4 is 6.03 Å². The van der Waals surface area contributed by atoms with Gasteiger partial charge in [0.25, 0.3) is 0 Å². The maximum atomic E-state index is 11.9. The van der Waals surface area contributed by atoms with E-state index in [1.165, 1.54) is 18.4 Å². The van der Waals surface area contributed by atoms with Crippen LogP contribution >= 0.6 is 0 Å². The van der Waals surface area contributed by atoms with E-state index in [-0.39, 0.29) is 12.1 Å². The molecule has 116 valence electrons. The Labute approximate surface area is 127 Å². The Balaban J connectivity index is 1.92. The van der Waals surface area contributed by atoms with Crippen molar-refractivity contribution < 1.29 is 4.79 Å². The van der Waals surface area contributed by atoms with Gasteiger partial charge in [-0.05, 0) is 37.4 Å². The fraction of sp³-hybridized carbons (Fsp3) is 0.588. The Kier molecular flexibility index (Phi) is 6.05. The summed E-state index contributed by atoms with van der Waals surface area (Å²) in [6.07, 6.45) is 2.51. The van der Waals surface area contributed by atoms with Gasteiger partial charge in [-0.1, -0.05) is 44.2 Å². The van der Waals surface area contributed by atoms with E-state index in [2.05, 4.69) is 53.6 Å². The Bertz CT molecular complexity index is 427. The zero-order valence-corrected chi connectivity index (χ0v) is 13.1. The van der Waals surface area contributed by atoms with Gasteiger partial charge in [0.15, 0.2) is 0 Å². The van der Waals surface area contributed by atoms with Gasteiger partial charge in [-0.3, -0.25) is 4.90 Å². The summed E-state index contributed by atoms with van der Waals surface area (Å²) in [4.78, 5) is 14.3. The van der Waals surface area contributed by atoms with Crippen molar-refractivity contribution in [2.24, 2.45) is 5.92 Å². The van der Waals surface area contributed by atoms with E-state index in [1.54, 1.807) is 0 Å². The quantitative estimate of drug-likeness (QED) is 0.846. The average molecular weight is 289 g/mol. The number of urea groups is 1. The molecule has 2 amide bonds. The third kappa shape index (κ3) is 5.05. The summed E-state index contributed by atoms with van der Waals surface area (Å²) in [7, 11) is 0. The normalized spacial score (nSPS) is 16.9. The molecule has 4 nitrogen and oxygen atoms in total. The number of amides is 2. The van der Waals surface area contributed by atoms with E-state index in [1.807, 2.05) is 6.07 Å². The highest BCUT2D eigenvalue weighted by Gasteiger charge is 2.23. The molecule has 0 aliphatic carbocycles. The van der Waals surface area contributed by atoms with E-state index in [9.17, 15) is 4.79 Å². The number of rotatable bonds is 6. The predicted molar refractivity (Wildman–Crippen MR) is 86.2 cm³/mol. The summed E-state index contributed by atoms with van der Waals surface area (Å²) < 4.78 is 0. The Morgan fingerprint density at radius 2 is 1.71 bits per heavy atom. The van der Waals surface area contributed by atoms with E-state index in [0.717, 1.165) is 13.1 Å². The fourth-order valence-electron chi connectivity index (χ4n) is 2.73. The summed E-state index contributed by atoms with van der Waals surface area (Å²) in [5.74, 6) is 0.472. The zero-order valence-electron chi connectivity index (χ0n) is 13.1. The molecule has 1 aliphatic heterocycles. The predicted octanol–water partition coefficient (Wildman–Crippen LogP) is 2.78. The number of nitrogens with one attached hydrogen (secondary N) is 2. The molecule has 1 atom stereocenters. The number of likely N-dealkylation sites (tertiary alicyclic amines) is 1. The van der Waals surface area contributed by atoms with Gasteiger partial charge in [0.2, 0.25) is 0 Å². The van der Waals surface area contributed by atoms with E-state index in [0.29, 0.717) is 19.0 Å². The molecule has 0 spiro atoms. The minimum atomic E-state index is -0.0659. The van der Waals surface area contributed by atoms with Crippen LogP contribution in [0.2, 0.25) is 0 Å². The Hall–Kier alpha value is -1.55. The molecule has 0 radical (unpaired) electrons. The molecular formula is C17H27N3O. The highest BCUT2D eigenvalue weighted by atomic mass is 16.2. The second-order valence-electron chi connectivity index (χ2n) is 6.15. The first-order chi connectivity index (χ1) is 10.2. The van der Waals surface area contributed by atoms with Crippen LogP contribution in [0.25, 0.3) is 0 Å². The van der Waals surface area contributed by atoms with Gasteiger partial charge in [0, 0.05) is 13.1 Å². The molecule has 0 aromatic heterocycles. The van der Waals surface area contributed by atoms with Crippen molar-refractivity contribution in [3.8, 4) is 0 Å². The number of carbonyl (C=O) groups excluding carboxylic acids is 1. The van der Waals surface area contributed by atoms with Crippen molar-refractivity contribution in [3.05, 3.63) is 35.9 Å². The van der Waals surface area contributed by atoms with Crippen molar-refractivity contribution in [1.82, 2.24) is 15.5 Å². The molecule has 1 aromatic carbocycles. The molecule has 1 fully saturated rings. The molecule has 1 unspecified atom stereocenters. The Morgan fingerprint density at radius 3 is 2.33 bits per heavy atom. The third-order valence-corrected chi connectivity index (χ3v) is 3.89. The van der Waals surface area contributed by atoms with Crippen LogP contribution in [-0.2, 0) is 0 Å². The van der Waals surface area contributed by atoms with Crippen molar-refractivity contribution in [2.45, 2.75) is 32.7 Å². The van der Waals surface area contributed by atoms with Crippen LogP contribution < -0.4 is 10.6 Å². The van der Waals surface area contributed by atoms with Gasteiger partial charge in [0.05, 0.1) is 6.04 Å². The Morgan fingerprint density at radius 1 is 1.10 bits per heavy atom. The topological polar surface area (TPSA) is 44.4 Å². The lowest BCUT2D eigenvalue weighted by atomic mass is 10.1. The smallest absolute Gasteiger partial charge is 0.314 e. The molecule has 1 heterocycles. The molecule has 21 heavy (non-hydrogen) atoms.